The Bertz CT molecular complexity index is 1030. The molecular formula is C19H16ClN5OS. The Balaban J connectivity index is 1.50. The smallest absolute Gasteiger partial charge is 0.237 e. The molecule has 0 radical (unpaired) electrons. The minimum atomic E-state index is 0.526. The number of nitrogens with zero attached hydrogens (tertiary/aromatic N) is 5. The van der Waals surface area contributed by atoms with E-state index in [1.807, 2.05) is 54.6 Å². The minimum Gasteiger partial charge on any atom is -0.338 e. The van der Waals surface area contributed by atoms with Crippen LogP contribution in [0.25, 0.3) is 22.8 Å². The number of hydrogen-bond donors (Lipinski definition) is 0. The second-order valence-corrected chi connectivity index (χ2v) is 7.10. The molecule has 0 amide bonds. The van der Waals surface area contributed by atoms with Crippen molar-refractivity contribution in [1.29, 1.82) is 0 Å². The van der Waals surface area contributed by atoms with Crippen LogP contribution in [-0.4, -0.2) is 24.9 Å². The SMILES string of the molecule is CCn1c(SCc2nc(-c3ccccc3)no2)nnc1-c1ccc(Cl)cc1. The van der Waals surface area contributed by atoms with Gasteiger partial charge in [-0.1, -0.05) is 58.9 Å². The molecule has 4 rings (SSSR count). The molecule has 2 aromatic heterocycles. The fourth-order valence-corrected chi connectivity index (χ4v) is 3.60. The lowest BCUT2D eigenvalue weighted by Crippen LogP contribution is -1.99. The maximum atomic E-state index is 5.97. The first-order valence-electron chi connectivity index (χ1n) is 8.44. The Morgan fingerprint density at radius 1 is 1.00 bits per heavy atom. The summed E-state index contributed by atoms with van der Waals surface area (Å²) in [5.41, 5.74) is 1.91. The molecular weight excluding hydrogens is 382 g/mol. The van der Waals surface area contributed by atoms with Gasteiger partial charge in [-0.15, -0.1) is 10.2 Å². The van der Waals surface area contributed by atoms with Gasteiger partial charge in [-0.3, -0.25) is 0 Å². The molecule has 0 bridgehead atoms. The first-order chi connectivity index (χ1) is 13.2. The normalized spacial score (nSPS) is 11.0. The van der Waals surface area contributed by atoms with Crippen molar-refractivity contribution in [2.45, 2.75) is 24.4 Å². The van der Waals surface area contributed by atoms with E-state index < -0.39 is 0 Å². The highest BCUT2D eigenvalue weighted by molar-refractivity contribution is 7.98. The zero-order valence-corrected chi connectivity index (χ0v) is 16.1. The Labute approximate surface area is 165 Å². The summed E-state index contributed by atoms with van der Waals surface area (Å²) in [6.45, 7) is 2.82. The van der Waals surface area contributed by atoms with Gasteiger partial charge in [0.1, 0.15) is 0 Å². The van der Waals surface area contributed by atoms with Crippen molar-refractivity contribution in [3.8, 4) is 22.8 Å². The van der Waals surface area contributed by atoms with Gasteiger partial charge in [0, 0.05) is 22.7 Å². The Morgan fingerprint density at radius 2 is 1.78 bits per heavy atom. The minimum absolute atomic E-state index is 0.526. The Hall–Kier alpha value is -2.64. The molecule has 4 aromatic rings. The van der Waals surface area contributed by atoms with Crippen molar-refractivity contribution in [1.82, 2.24) is 24.9 Å². The summed E-state index contributed by atoms with van der Waals surface area (Å²) in [5, 5.41) is 14.2. The van der Waals surface area contributed by atoms with Crippen LogP contribution in [-0.2, 0) is 12.3 Å². The molecule has 136 valence electrons. The van der Waals surface area contributed by atoms with Crippen LogP contribution in [0.3, 0.4) is 0 Å². The highest BCUT2D eigenvalue weighted by Crippen LogP contribution is 2.27. The number of hydrogen-bond acceptors (Lipinski definition) is 6. The van der Waals surface area contributed by atoms with E-state index in [1.54, 1.807) is 0 Å². The molecule has 2 heterocycles. The number of rotatable bonds is 6. The predicted octanol–water partition coefficient (Wildman–Crippen LogP) is 4.96. The highest BCUT2D eigenvalue weighted by Gasteiger charge is 2.15. The van der Waals surface area contributed by atoms with Crippen LogP contribution in [0.4, 0.5) is 0 Å². The Kier molecular flexibility index (Phi) is 5.22. The molecule has 0 spiro atoms. The van der Waals surface area contributed by atoms with E-state index in [1.165, 1.54) is 11.8 Å². The monoisotopic (exact) mass is 397 g/mol. The summed E-state index contributed by atoms with van der Waals surface area (Å²) in [6, 6.07) is 17.3. The first kappa shape index (κ1) is 17.8. The summed E-state index contributed by atoms with van der Waals surface area (Å²) < 4.78 is 7.42. The van der Waals surface area contributed by atoms with E-state index in [-0.39, 0.29) is 0 Å². The fourth-order valence-electron chi connectivity index (χ4n) is 2.64. The van der Waals surface area contributed by atoms with Gasteiger partial charge < -0.3 is 9.09 Å². The van der Waals surface area contributed by atoms with Gasteiger partial charge in [-0.2, -0.15) is 4.98 Å². The van der Waals surface area contributed by atoms with Crippen LogP contribution in [0.1, 0.15) is 12.8 Å². The second-order valence-electron chi connectivity index (χ2n) is 5.72. The predicted molar refractivity (Wildman–Crippen MR) is 105 cm³/mol. The third-order valence-corrected chi connectivity index (χ3v) is 5.16. The van der Waals surface area contributed by atoms with E-state index in [4.69, 9.17) is 16.1 Å². The molecule has 0 aliphatic rings. The van der Waals surface area contributed by atoms with Crippen LogP contribution in [0.5, 0.6) is 0 Å². The van der Waals surface area contributed by atoms with Crippen molar-refractivity contribution < 1.29 is 4.52 Å². The lowest BCUT2D eigenvalue weighted by Gasteiger charge is -2.06. The van der Waals surface area contributed by atoms with Gasteiger partial charge in [-0.25, -0.2) is 0 Å². The van der Waals surface area contributed by atoms with Gasteiger partial charge in [0.2, 0.25) is 11.7 Å². The maximum absolute atomic E-state index is 5.97. The van der Waals surface area contributed by atoms with Crippen molar-refractivity contribution in [2.24, 2.45) is 0 Å². The van der Waals surface area contributed by atoms with Gasteiger partial charge in [0.05, 0.1) is 5.75 Å². The average molecular weight is 398 g/mol. The molecule has 8 heteroatoms. The zero-order chi connectivity index (χ0) is 18.6. The number of halogens is 1. The van der Waals surface area contributed by atoms with E-state index in [9.17, 15) is 0 Å². The van der Waals surface area contributed by atoms with Crippen molar-refractivity contribution >= 4 is 23.4 Å². The number of thioether (sulfide) groups is 1. The molecule has 2 aromatic carbocycles. The van der Waals surface area contributed by atoms with E-state index in [0.717, 1.165) is 28.7 Å². The largest absolute Gasteiger partial charge is 0.338 e. The molecule has 0 saturated heterocycles. The van der Waals surface area contributed by atoms with Gasteiger partial charge in [-0.05, 0) is 31.2 Å². The highest BCUT2D eigenvalue weighted by atomic mass is 35.5. The van der Waals surface area contributed by atoms with E-state index in [2.05, 4.69) is 31.8 Å². The summed E-state index contributed by atoms with van der Waals surface area (Å²) in [5.74, 6) is 2.48. The van der Waals surface area contributed by atoms with E-state index >= 15 is 0 Å². The molecule has 0 unspecified atom stereocenters. The van der Waals surface area contributed by atoms with Crippen LogP contribution in [0, 0.1) is 0 Å². The lowest BCUT2D eigenvalue weighted by molar-refractivity contribution is 0.391. The average Bonchev–Trinajstić information content (AvgIpc) is 3.34. The maximum Gasteiger partial charge on any atom is 0.237 e. The van der Waals surface area contributed by atoms with Crippen LogP contribution >= 0.6 is 23.4 Å². The molecule has 0 aliphatic heterocycles. The van der Waals surface area contributed by atoms with Gasteiger partial charge in [0.25, 0.3) is 0 Å². The lowest BCUT2D eigenvalue weighted by atomic mass is 10.2. The molecule has 0 aliphatic carbocycles. The van der Waals surface area contributed by atoms with Crippen LogP contribution in [0.2, 0.25) is 5.02 Å². The molecule has 27 heavy (non-hydrogen) atoms. The molecule has 6 nitrogen and oxygen atoms in total. The van der Waals surface area contributed by atoms with Crippen LogP contribution in [0.15, 0.2) is 64.3 Å². The quantitative estimate of drug-likeness (QED) is 0.428. The first-order valence-corrected chi connectivity index (χ1v) is 9.81. The molecule has 0 saturated carbocycles. The molecule has 0 fully saturated rings. The van der Waals surface area contributed by atoms with Gasteiger partial charge in [0.15, 0.2) is 11.0 Å². The van der Waals surface area contributed by atoms with Crippen molar-refractivity contribution in [3.63, 3.8) is 0 Å². The molecule has 0 N–H and O–H groups in total. The number of aromatic nitrogens is 5. The molecule has 0 atom stereocenters. The van der Waals surface area contributed by atoms with Gasteiger partial charge >= 0.3 is 0 Å². The van der Waals surface area contributed by atoms with E-state index in [0.29, 0.717) is 22.5 Å². The summed E-state index contributed by atoms with van der Waals surface area (Å²) in [6.07, 6.45) is 0. The van der Waals surface area contributed by atoms with Crippen molar-refractivity contribution in [3.05, 3.63) is 65.5 Å². The second kappa shape index (κ2) is 7.94. The zero-order valence-electron chi connectivity index (χ0n) is 14.5. The summed E-state index contributed by atoms with van der Waals surface area (Å²) in [4.78, 5) is 4.46. The summed E-state index contributed by atoms with van der Waals surface area (Å²) in [7, 11) is 0. The topological polar surface area (TPSA) is 69.6 Å². The van der Waals surface area contributed by atoms with Crippen LogP contribution < -0.4 is 0 Å². The van der Waals surface area contributed by atoms with Crippen molar-refractivity contribution in [2.75, 3.05) is 0 Å². The number of benzene rings is 2. The summed E-state index contributed by atoms with van der Waals surface area (Å²) >= 11 is 7.49. The third kappa shape index (κ3) is 3.89. The fraction of sp³-hybridized carbons (Fsp3) is 0.158. The Morgan fingerprint density at radius 3 is 2.52 bits per heavy atom. The standard InChI is InChI=1S/C19H16ClN5OS/c1-2-25-18(14-8-10-15(20)11-9-14)22-23-19(25)27-12-16-21-17(24-26-16)13-6-4-3-5-7-13/h3-11H,2,12H2,1H3. The third-order valence-electron chi connectivity index (χ3n) is 3.96.